The molecule has 3 aromatic carbocycles. The van der Waals surface area contributed by atoms with E-state index in [1.807, 2.05) is 26.8 Å². The van der Waals surface area contributed by atoms with E-state index in [1.165, 1.54) is 6.07 Å². The van der Waals surface area contributed by atoms with Crippen LogP contribution in [0.15, 0.2) is 71.6 Å². The summed E-state index contributed by atoms with van der Waals surface area (Å²) in [5.74, 6) is 0.203. The van der Waals surface area contributed by atoms with E-state index in [9.17, 15) is 13.2 Å². The van der Waals surface area contributed by atoms with Crippen molar-refractivity contribution in [3.05, 3.63) is 83.4 Å². The molecule has 0 atom stereocenters. The molecule has 162 valence electrons. The maximum absolute atomic E-state index is 12.8. The summed E-state index contributed by atoms with van der Waals surface area (Å²) in [5.41, 5.74) is 2.89. The number of rotatable bonds is 7. The van der Waals surface area contributed by atoms with Gasteiger partial charge in [0.05, 0.1) is 22.4 Å². The third-order valence-electron chi connectivity index (χ3n) is 4.57. The number of anilines is 2. The smallest absolute Gasteiger partial charge is 0.261 e. The summed E-state index contributed by atoms with van der Waals surface area (Å²) in [7, 11) is -3.78. The van der Waals surface area contributed by atoms with Crippen molar-refractivity contribution in [2.24, 2.45) is 0 Å². The molecular formula is C24H26N2O4S. The summed E-state index contributed by atoms with van der Waals surface area (Å²) in [4.78, 5) is 13.0. The van der Waals surface area contributed by atoms with Gasteiger partial charge in [-0.05, 0) is 69.7 Å². The lowest BCUT2D eigenvalue weighted by atomic mass is 10.1. The topological polar surface area (TPSA) is 84.5 Å². The Kier molecular flexibility index (Phi) is 6.65. The van der Waals surface area contributed by atoms with Gasteiger partial charge in [-0.15, -0.1) is 0 Å². The zero-order chi connectivity index (χ0) is 22.6. The molecule has 31 heavy (non-hydrogen) atoms. The fraction of sp³-hybridized carbons (Fsp3) is 0.208. The molecule has 0 aliphatic heterocycles. The molecule has 0 saturated carbocycles. The van der Waals surface area contributed by atoms with Gasteiger partial charge in [0.1, 0.15) is 5.75 Å². The molecule has 0 saturated heterocycles. The van der Waals surface area contributed by atoms with Crippen molar-refractivity contribution >= 4 is 27.3 Å². The van der Waals surface area contributed by atoms with Gasteiger partial charge in [0.2, 0.25) is 0 Å². The zero-order valence-electron chi connectivity index (χ0n) is 18.0. The van der Waals surface area contributed by atoms with Crippen LogP contribution in [0.4, 0.5) is 11.4 Å². The fourth-order valence-corrected chi connectivity index (χ4v) is 4.04. The Bertz CT molecular complexity index is 1190. The second-order valence-electron chi connectivity index (χ2n) is 7.57. The normalized spacial score (nSPS) is 11.3. The van der Waals surface area contributed by atoms with Crippen LogP contribution in [0.5, 0.6) is 5.75 Å². The molecule has 0 aromatic heterocycles. The van der Waals surface area contributed by atoms with Crippen molar-refractivity contribution in [2.75, 3.05) is 10.0 Å². The van der Waals surface area contributed by atoms with Gasteiger partial charge in [-0.1, -0.05) is 35.9 Å². The quantitative estimate of drug-likeness (QED) is 0.535. The predicted octanol–water partition coefficient (Wildman–Crippen LogP) is 5.14. The van der Waals surface area contributed by atoms with Crippen molar-refractivity contribution in [3.63, 3.8) is 0 Å². The highest BCUT2D eigenvalue weighted by atomic mass is 32.2. The highest BCUT2D eigenvalue weighted by molar-refractivity contribution is 7.92. The first kappa shape index (κ1) is 22.4. The number of amides is 1. The summed E-state index contributed by atoms with van der Waals surface area (Å²) in [5, 5.41) is 2.84. The van der Waals surface area contributed by atoms with Gasteiger partial charge in [0, 0.05) is 5.56 Å². The molecular weight excluding hydrogens is 412 g/mol. The van der Waals surface area contributed by atoms with E-state index >= 15 is 0 Å². The number of benzene rings is 3. The van der Waals surface area contributed by atoms with E-state index in [1.54, 1.807) is 61.5 Å². The molecule has 2 N–H and O–H groups in total. The Balaban J connectivity index is 1.84. The molecule has 0 unspecified atom stereocenters. The number of para-hydroxylation sites is 2. The first-order chi connectivity index (χ1) is 14.7. The third kappa shape index (κ3) is 5.64. The second-order valence-corrected chi connectivity index (χ2v) is 9.25. The van der Waals surface area contributed by atoms with Crippen LogP contribution >= 0.6 is 0 Å². The monoisotopic (exact) mass is 438 g/mol. The number of hydrogen-bond acceptors (Lipinski definition) is 4. The molecule has 3 aromatic rings. The number of nitrogens with one attached hydrogen (secondary N) is 2. The summed E-state index contributed by atoms with van der Waals surface area (Å²) in [6, 6.07) is 18.6. The number of sulfonamides is 1. The van der Waals surface area contributed by atoms with Gasteiger partial charge in [-0.2, -0.15) is 0 Å². The first-order valence-electron chi connectivity index (χ1n) is 9.93. The Labute approximate surface area is 183 Å². The van der Waals surface area contributed by atoms with Crippen LogP contribution in [-0.4, -0.2) is 20.4 Å². The van der Waals surface area contributed by atoms with Gasteiger partial charge in [0.25, 0.3) is 15.9 Å². The van der Waals surface area contributed by atoms with Crippen LogP contribution in [0, 0.1) is 13.8 Å². The van der Waals surface area contributed by atoms with Crippen LogP contribution < -0.4 is 14.8 Å². The molecule has 0 fully saturated rings. The van der Waals surface area contributed by atoms with E-state index in [2.05, 4.69) is 10.0 Å². The Morgan fingerprint density at radius 1 is 0.903 bits per heavy atom. The molecule has 0 bridgehead atoms. The van der Waals surface area contributed by atoms with Crippen LogP contribution in [0.25, 0.3) is 0 Å². The largest absolute Gasteiger partial charge is 0.489 e. The average molecular weight is 439 g/mol. The summed E-state index contributed by atoms with van der Waals surface area (Å²) < 4.78 is 33.8. The van der Waals surface area contributed by atoms with E-state index in [-0.39, 0.29) is 16.9 Å². The lowest BCUT2D eigenvalue weighted by molar-refractivity contribution is 0.102. The van der Waals surface area contributed by atoms with Crippen LogP contribution in [0.2, 0.25) is 0 Å². The Hall–Kier alpha value is -3.32. The van der Waals surface area contributed by atoms with Gasteiger partial charge in [0.15, 0.2) is 0 Å². The van der Waals surface area contributed by atoms with Gasteiger partial charge < -0.3 is 10.1 Å². The molecule has 0 aliphatic rings. The molecule has 3 rings (SSSR count). The molecule has 0 spiro atoms. The lowest BCUT2D eigenvalue weighted by Crippen LogP contribution is -2.17. The van der Waals surface area contributed by atoms with Crippen molar-refractivity contribution in [1.82, 2.24) is 0 Å². The standard InChI is InChI=1S/C24H26N2O4S/c1-16(2)30-23-8-6-5-7-21(23)25-24(27)19-12-11-18(4)22(15-19)26-31(28,29)20-13-9-17(3)10-14-20/h5-16,26H,1-4H3,(H,25,27). The van der Waals surface area contributed by atoms with Crippen molar-refractivity contribution in [1.29, 1.82) is 0 Å². The third-order valence-corrected chi connectivity index (χ3v) is 5.95. The minimum atomic E-state index is -3.78. The molecule has 7 heteroatoms. The lowest BCUT2D eigenvalue weighted by Gasteiger charge is -2.16. The maximum atomic E-state index is 12.8. The highest BCUT2D eigenvalue weighted by Gasteiger charge is 2.17. The summed E-state index contributed by atoms with van der Waals surface area (Å²) in [6.07, 6.45) is -0.0415. The molecule has 6 nitrogen and oxygen atoms in total. The minimum Gasteiger partial charge on any atom is -0.489 e. The van der Waals surface area contributed by atoms with Crippen LogP contribution in [-0.2, 0) is 10.0 Å². The number of ether oxygens (including phenoxy) is 1. The van der Waals surface area contributed by atoms with E-state index in [0.717, 1.165) is 5.56 Å². The molecule has 0 heterocycles. The van der Waals surface area contributed by atoms with E-state index < -0.39 is 10.0 Å². The van der Waals surface area contributed by atoms with Crippen molar-refractivity contribution in [3.8, 4) is 5.75 Å². The van der Waals surface area contributed by atoms with Crippen LogP contribution in [0.3, 0.4) is 0 Å². The molecule has 0 radical (unpaired) electrons. The summed E-state index contributed by atoms with van der Waals surface area (Å²) in [6.45, 7) is 7.48. The van der Waals surface area contributed by atoms with Gasteiger partial charge in [-0.3, -0.25) is 9.52 Å². The van der Waals surface area contributed by atoms with Crippen molar-refractivity contribution < 1.29 is 17.9 Å². The van der Waals surface area contributed by atoms with Gasteiger partial charge in [-0.25, -0.2) is 8.42 Å². The number of hydrogen-bond donors (Lipinski definition) is 2. The highest BCUT2D eigenvalue weighted by Crippen LogP contribution is 2.27. The number of carbonyl (C=O) groups excluding carboxylic acids is 1. The van der Waals surface area contributed by atoms with Crippen LogP contribution in [0.1, 0.15) is 35.3 Å². The Morgan fingerprint density at radius 2 is 1.58 bits per heavy atom. The van der Waals surface area contributed by atoms with Crippen molar-refractivity contribution in [2.45, 2.75) is 38.7 Å². The second kappa shape index (κ2) is 9.22. The number of aryl methyl sites for hydroxylation is 2. The van der Waals surface area contributed by atoms with E-state index in [0.29, 0.717) is 28.3 Å². The number of carbonyl (C=O) groups is 1. The average Bonchev–Trinajstić information content (AvgIpc) is 2.71. The van der Waals surface area contributed by atoms with E-state index in [4.69, 9.17) is 4.74 Å². The maximum Gasteiger partial charge on any atom is 0.261 e. The fourth-order valence-electron chi connectivity index (χ4n) is 2.92. The molecule has 1 amide bonds. The minimum absolute atomic E-state index is 0.0415. The first-order valence-corrected chi connectivity index (χ1v) is 11.4. The summed E-state index contributed by atoms with van der Waals surface area (Å²) >= 11 is 0. The zero-order valence-corrected chi connectivity index (χ0v) is 18.8. The predicted molar refractivity (Wildman–Crippen MR) is 123 cm³/mol. The molecule has 0 aliphatic carbocycles. The van der Waals surface area contributed by atoms with Gasteiger partial charge >= 0.3 is 0 Å². The SMILES string of the molecule is Cc1ccc(S(=O)(=O)Nc2cc(C(=O)Nc3ccccc3OC(C)C)ccc2C)cc1. The Morgan fingerprint density at radius 3 is 2.26 bits per heavy atom.